The summed E-state index contributed by atoms with van der Waals surface area (Å²) in [5.74, 6) is -0.632. The van der Waals surface area contributed by atoms with Crippen molar-refractivity contribution in [3.63, 3.8) is 0 Å². The van der Waals surface area contributed by atoms with Crippen LogP contribution in [-0.4, -0.2) is 50.7 Å². The lowest BCUT2D eigenvalue weighted by Crippen LogP contribution is -2.34. The van der Waals surface area contributed by atoms with Crippen LogP contribution in [0, 0.1) is 5.92 Å². The molecular weight excluding hydrogens is 236 g/mol. The summed E-state index contributed by atoms with van der Waals surface area (Å²) >= 11 is 0. The van der Waals surface area contributed by atoms with Gasteiger partial charge in [-0.2, -0.15) is 0 Å². The molecule has 1 aromatic rings. The number of nitrogens with zero attached hydrogens (tertiary/aromatic N) is 3. The Hall–Kier alpha value is -1.92. The molecule has 98 valence electrons. The van der Waals surface area contributed by atoms with Gasteiger partial charge >= 0.3 is 5.97 Å². The van der Waals surface area contributed by atoms with E-state index in [1.54, 1.807) is 14.0 Å². The Labute approximate surface area is 104 Å². The summed E-state index contributed by atoms with van der Waals surface area (Å²) in [7, 11) is 1.55. The summed E-state index contributed by atoms with van der Waals surface area (Å²) in [6.45, 7) is 1.70. The van der Waals surface area contributed by atoms with Gasteiger partial charge in [-0.05, 0) is 12.8 Å². The zero-order chi connectivity index (χ0) is 13.3. The van der Waals surface area contributed by atoms with Gasteiger partial charge in [0.2, 0.25) is 5.82 Å². The van der Waals surface area contributed by atoms with Gasteiger partial charge in [0.25, 0.3) is 5.91 Å². The minimum absolute atomic E-state index is 0.108. The van der Waals surface area contributed by atoms with E-state index in [1.165, 1.54) is 4.90 Å². The predicted molar refractivity (Wildman–Crippen MR) is 62.1 cm³/mol. The number of H-pyrrole nitrogens is 1. The molecule has 0 aromatic carbocycles. The molecule has 1 fully saturated rings. The number of amides is 1. The largest absolute Gasteiger partial charge is 0.481 e. The highest BCUT2D eigenvalue weighted by atomic mass is 16.4. The molecule has 0 radical (unpaired) electrons. The summed E-state index contributed by atoms with van der Waals surface area (Å²) in [5.41, 5.74) is 0. The highest BCUT2D eigenvalue weighted by molar-refractivity contribution is 5.90. The first-order chi connectivity index (χ1) is 8.49. The SMILES string of the molecule is CC(CN(C)C(=O)c1n[nH]c(C2CC2)n1)C(=O)O. The number of carbonyl (C=O) groups is 2. The Morgan fingerprint density at radius 3 is 2.78 bits per heavy atom. The Kier molecular flexibility index (Phi) is 3.31. The van der Waals surface area contributed by atoms with Crippen molar-refractivity contribution >= 4 is 11.9 Å². The van der Waals surface area contributed by atoms with Gasteiger partial charge in [-0.3, -0.25) is 14.7 Å². The third-order valence-corrected chi connectivity index (χ3v) is 2.97. The van der Waals surface area contributed by atoms with Gasteiger partial charge in [-0.25, -0.2) is 4.98 Å². The number of carboxylic acid groups (broad SMARTS) is 1. The Morgan fingerprint density at radius 2 is 2.22 bits per heavy atom. The fourth-order valence-corrected chi connectivity index (χ4v) is 1.65. The maximum absolute atomic E-state index is 11.9. The van der Waals surface area contributed by atoms with E-state index in [9.17, 15) is 9.59 Å². The minimum Gasteiger partial charge on any atom is -0.481 e. The van der Waals surface area contributed by atoms with Gasteiger partial charge in [0.15, 0.2) is 0 Å². The van der Waals surface area contributed by atoms with E-state index >= 15 is 0 Å². The quantitative estimate of drug-likeness (QED) is 0.793. The van der Waals surface area contributed by atoms with Crippen molar-refractivity contribution in [3.05, 3.63) is 11.6 Å². The van der Waals surface area contributed by atoms with Crippen molar-refractivity contribution in [1.82, 2.24) is 20.1 Å². The van der Waals surface area contributed by atoms with Crippen LogP contribution in [0.5, 0.6) is 0 Å². The van der Waals surface area contributed by atoms with E-state index in [2.05, 4.69) is 15.2 Å². The normalized spacial score (nSPS) is 16.3. The van der Waals surface area contributed by atoms with Crippen molar-refractivity contribution in [1.29, 1.82) is 0 Å². The van der Waals surface area contributed by atoms with Crippen molar-refractivity contribution in [3.8, 4) is 0 Å². The van der Waals surface area contributed by atoms with Gasteiger partial charge in [0.05, 0.1) is 5.92 Å². The molecule has 1 saturated carbocycles. The van der Waals surface area contributed by atoms with E-state index in [0.29, 0.717) is 5.92 Å². The molecule has 1 amide bonds. The molecule has 0 spiro atoms. The lowest BCUT2D eigenvalue weighted by Gasteiger charge is -2.17. The molecule has 1 aromatic heterocycles. The van der Waals surface area contributed by atoms with Crippen LogP contribution in [0.3, 0.4) is 0 Å². The van der Waals surface area contributed by atoms with Crippen LogP contribution in [0.2, 0.25) is 0 Å². The number of aromatic nitrogens is 3. The number of aliphatic carboxylic acids is 1. The molecule has 1 atom stereocenters. The number of nitrogens with one attached hydrogen (secondary N) is 1. The highest BCUT2D eigenvalue weighted by Crippen LogP contribution is 2.37. The van der Waals surface area contributed by atoms with Crippen molar-refractivity contribution in [2.45, 2.75) is 25.7 Å². The summed E-state index contributed by atoms with van der Waals surface area (Å²) in [6.07, 6.45) is 2.16. The second kappa shape index (κ2) is 4.75. The lowest BCUT2D eigenvalue weighted by molar-refractivity contribution is -0.141. The first-order valence-corrected chi connectivity index (χ1v) is 5.89. The number of hydrogen-bond acceptors (Lipinski definition) is 4. The average molecular weight is 252 g/mol. The number of carbonyl (C=O) groups excluding carboxylic acids is 1. The Morgan fingerprint density at radius 1 is 1.56 bits per heavy atom. The van der Waals surface area contributed by atoms with Gasteiger partial charge in [0, 0.05) is 19.5 Å². The van der Waals surface area contributed by atoms with Crippen molar-refractivity contribution < 1.29 is 14.7 Å². The predicted octanol–water partition coefficient (Wildman–Crippen LogP) is 0.475. The molecule has 1 unspecified atom stereocenters. The lowest BCUT2D eigenvalue weighted by atomic mass is 10.2. The molecule has 7 nitrogen and oxygen atoms in total. The van der Waals surface area contributed by atoms with Crippen molar-refractivity contribution in [2.75, 3.05) is 13.6 Å². The monoisotopic (exact) mass is 252 g/mol. The summed E-state index contributed by atoms with van der Waals surface area (Å²) in [6, 6.07) is 0. The van der Waals surface area contributed by atoms with E-state index in [0.717, 1.165) is 18.7 Å². The van der Waals surface area contributed by atoms with E-state index in [1.807, 2.05) is 0 Å². The molecule has 1 heterocycles. The summed E-state index contributed by atoms with van der Waals surface area (Å²) in [4.78, 5) is 28.1. The second-order valence-electron chi connectivity index (χ2n) is 4.74. The molecule has 18 heavy (non-hydrogen) atoms. The molecule has 2 N–H and O–H groups in total. The third-order valence-electron chi connectivity index (χ3n) is 2.97. The number of hydrogen-bond donors (Lipinski definition) is 2. The Balaban J connectivity index is 1.98. The molecule has 0 aliphatic heterocycles. The molecule has 2 rings (SSSR count). The molecule has 1 aliphatic rings. The molecule has 1 aliphatic carbocycles. The fourth-order valence-electron chi connectivity index (χ4n) is 1.65. The van der Waals surface area contributed by atoms with Gasteiger partial charge in [-0.15, -0.1) is 5.10 Å². The van der Waals surface area contributed by atoms with E-state index < -0.39 is 11.9 Å². The molecule has 7 heteroatoms. The van der Waals surface area contributed by atoms with E-state index in [-0.39, 0.29) is 18.3 Å². The summed E-state index contributed by atoms with van der Waals surface area (Å²) < 4.78 is 0. The zero-order valence-electron chi connectivity index (χ0n) is 10.4. The number of carboxylic acids is 1. The smallest absolute Gasteiger partial charge is 0.308 e. The van der Waals surface area contributed by atoms with Crippen LogP contribution in [0.25, 0.3) is 0 Å². The number of aromatic amines is 1. The standard InChI is InChI=1S/C11H16N4O3/c1-6(11(17)18)5-15(2)10(16)9-12-8(13-14-9)7-3-4-7/h6-7H,3-5H2,1-2H3,(H,17,18)(H,12,13,14). The van der Waals surface area contributed by atoms with Gasteiger partial charge < -0.3 is 10.0 Å². The van der Waals surface area contributed by atoms with Crippen LogP contribution in [0.15, 0.2) is 0 Å². The van der Waals surface area contributed by atoms with Crippen LogP contribution in [0.4, 0.5) is 0 Å². The highest BCUT2D eigenvalue weighted by Gasteiger charge is 2.29. The van der Waals surface area contributed by atoms with Crippen LogP contribution >= 0.6 is 0 Å². The topological polar surface area (TPSA) is 99.2 Å². The third kappa shape index (κ3) is 2.66. The van der Waals surface area contributed by atoms with Gasteiger partial charge in [-0.1, -0.05) is 6.92 Å². The van der Waals surface area contributed by atoms with E-state index in [4.69, 9.17) is 5.11 Å². The van der Waals surface area contributed by atoms with Gasteiger partial charge in [0.1, 0.15) is 5.82 Å². The first kappa shape index (κ1) is 12.5. The maximum atomic E-state index is 11.9. The first-order valence-electron chi connectivity index (χ1n) is 5.89. The molecule has 0 bridgehead atoms. The zero-order valence-corrected chi connectivity index (χ0v) is 10.4. The average Bonchev–Trinajstić information content (AvgIpc) is 3.06. The Bertz CT molecular complexity index is 467. The second-order valence-corrected chi connectivity index (χ2v) is 4.74. The fraction of sp³-hybridized carbons (Fsp3) is 0.636. The molecule has 0 saturated heterocycles. The summed E-state index contributed by atoms with van der Waals surface area (Å²) in [5, 5.41) is 15.4. The molecular formula is C11H16N4O3. The van der Waals surface area contributed by atoms with Crippen LogP contribution < -0.4 is 0 Å². The van der Waals surface area contributed by atoms with Crippen LogP contribution in [-0.2, 0) is 4.79 Å². The maximum Gasteiger partial charge on any atom is 0.308 e. The van der Waals surface area contributed by atoms with Crippen molar-refractivity contribution in [2.24, 2.45) is 5.92 Å². The van der Waals surface area contributed by atoms with Crippen LogP contribution in [0.1, 0.15) is 42.1 Å². The minimum atomic E-state index is -0.927. The number of rotatable bonds is 5.